The molecule has 0 amide bonds. The Bertz CT molecular complexity index is 531. The van der Waals surface area contributed by atoms with Gasteiger partial charge in [-0.05, 0) is 59.9 Å². The van der Waals surface area contributed by atoms with E-state index in [0.717, 1.165) is 24.9 Å². The van der Waals surface area contributed by atoms with E-state index in [4.69, 9.17) is 0 Å². The fraction of sp³-hybridized carbons (Fsp3) is 0.500. The predicted molar refractivity (Wildman–Crippen MR) is 82.3 cm³/mol. The molecule has 19 heavy (non-hydrogen) atoms. The first-order valence-corrected chi connectivity index (χ1v) is 8.26. The van der Waals surface area contributed by atoms with E-state index >= 15 is 0 Å². The summed E-state index contributed by atoms with van der Waals surface area (Å²) in [6.07, 6.45) is 2.14. The Labute approximate surface area is 128 Å². The lowest BCUT2D eigenvalue weighted by Gasteiger charge is -2.13. The number of rotatable bonds is 4. The summed E-state index contributed by atoms with van der Waals surface area (Å²) in [5.74, 6) is 0. The van der Waals surface area contributed by atoms with Gasteiger partial charge in [0.1, 0.15) is 0 Å². The van der Waals surface area contributed by atoms with Crippen LogP contribution in [0.5, 0.6) is 0 Å². The summed E-state index contributed by atoms with van der Waals surface area (Å²) >= 11 is 3.30. The molecule has 1 aromatic carbocycles. The fourth-order valence-electron chi connectivity index (χ4n) is 2.04. The molecule has 4 nitrogen and oxygen atoms in total. The zero-order chi connectivity index (χ0) is 13.2. The fourth-order valence-corrected chi connectivity index (χ4v) is 4.31. The molecule has 0 aromatic heterocycles. The zero-order valence-corrected chi connectivity index (χ0v) is 13.9. The number of nitrogens with one attached hydrogen (secondary N) is 2. The van der Waals surface area contributed by atoms with E-state index in [-0.39, 0.29) is 18.4 Å². The van der Waals surface area contributed by atoms with Crippen LogP contribution in [0, 0.1) is 6.92 Å². The Morgan fingerprint density at radius 2 is 2.21 bits per heavy atom. The molecule has 0 aliphatic carbocycles. The van der Waals surface area contributed by atoms with Crippen molar-refractivity contribution in [3.8, 4) is 0 Å². The van der Waals surface area contributed by atoms with E-state index in [2.05, 4.69) is 26.0 Å². The van der Waals surface area contributed by atoms with Crippen molar-refractivity contribution in [1.29, 1.82) is 0 Å². The zero-order valence-electron chi connectivity index (χ0n) is 10.6. The minimum atomic E-state index is -3.43. The van der Waals surface area contributed by atoms with Gasteiger partial charge in [0.2, 0.25) is 10.0 Å². The van der Waals surface area contributed by atoms with E-state index in [0.29, 0.717) is 15.9 Å². The van der Waals surface area contributed by atoms with E-state index in [1.807, 2.05) is 13.0 Å². The van der Waals surface area contributed by atoms with Crippen molar-refractivity contribution in [2.24, 2.45) is 0 Å². The van der Waals surface area contributed by atoms with Gasteiger partial charge < -0.3 is 5.32 Å². The molecular weight excluding hydrogens is 352 g/mol. The van der Waals surface area contributed by atoms with Gasteiger partial charge in [0, 0.05) is 17.1 Å². The third kappa shape index (κ3) is 4.43. The molecule has 108 valence electrons. The summed E-state index contributed by atoms with van der Waals surface area (Å²) in [5.41, 5.74) is 1.03. The Kier molecular flexibility index (Phi) is 6.26. The summed E-state index contributed by atoms with van der Waals surface area (Å²) in [5, 5.41) is 3.27. The molecule has 7 heteroatoms. The number of hydrogen-bond acceptors (Lipinski definition) is 3. The van der Waals surface area contributed by atoms with Gasteiger partial charge in [0.05, 0.1) is 4.90 Å². The van der Waals surface area contributed by atoms with E-state index < -0.39 is 10.0 Å². The maximum absolute atomic E-state index is 12.2. The average molecular weight is 370 g/mol. The van der Waals surface area contributed by atoms with Crippen molar-refractivity contribution >= 4 is 38.4 Å². The van der Waals surface area contributed by atoms with Crippen LogP contribution in [0.15, 0.2) is 27.6 Å². The average Bonchev–Trinajstić information content (AvgIpc) is 2.78. The van der Waals surface area contributed by atoms with Crippen LogP contribution in [-0.2, 0) is 10.0 Å². The van der Waals surface area contributed by atoms with Crippen molar-refractivity contribution in [1.82, 2.24) is 10.0 Å². The van der Waals surface area contributed by atoms with Crippen molar-refractivity contribution in [3.63, 3.8) is 0 Å². The smallest absolute Gasteiger partial charge is 0.241 e. The van der Waals surface area contributed by atoms with Crippen molar-refractivity contribution in [2.75, 3.05) is 13.1 Å². The minimum absolute atomic E-state index is 0. The number of hydrogen-bond donors (Lipinski definition) is 2. The highest BCUT2D eigenvalue weighted by atomic mass is 79.9. The number of benzene rings is 1. The molecule has 2 rings (SSSR count). The lowest BCUT2D eigenvalue weighted by molar-refractivity contribution is 0.551. The van der Waals surface area contributed by atoms with Gasteiger partial charge in [-0.25, -0.2) is 13.1 Å². The molecule has 1 saturated heterocycles. The van der Waals surface area contributed by atoms with E-state index in [1.165, 1.54) is 0 Å². The standard InChI is InChI=1S/C12H17BrN2O2S.ClH/c1-9-4-5-12(11(13)7-9)18(16,17)15-8-10-3-2-6-14-10;/h4-5,7,10,14-15H,2-3,6,8H2,1H3;1H. The first-order chi connectivity index (χ1) is 8.49. The molecule has 1 unspecified atom stereocenters. The minimum Gasteiger partial charge on any atom is -0.313 e. The monoisotopic (exact) mass is 368 g/mol. The van der Waals surface area contributed by atoms with Crippen LogP contribution in [-0.4, -0.2) is 27.5 Å². The maximum Gasteiger partial charge on any atom is 0.241 e. The normalized spacial score (nSPS) is 19.2. The maximum atomic E-state index is 12.2. The molecule has 1 heterocycles. The van der Waals surface area contributed by atoms with Crippen molar-refractivity contribution < 1.29 is 8.42 Å². The topological polar surface area (TPSA) is 58.2 Å². The predicted octanol–water partition coefficient (Wildman–Crippen LogP) is 2.21. The SMILES string of the molecule is Cc1ccc(S(=O)(=O)NCC2CCCN2)c(Br)c1.Cl. The van der Waals surface area contributed by atoms with Crippen molar-refractivity contribution in [2.45, 2.75) is 30.7 Å². The Balaban J connectivity index is 0.00000180. The number of aryl methyl sites for hydroxylation is 1. The quantitative estimate of drug-likeness (QED) is 0.855. The molecule has 1 aliphatic rings. The summed E-state index contributed by atoms with van der Waals surface area (Å²) in [6.45, 7) is 3.35. The van der Waals surface area contributed by atoms with Gasteiger partial charge in [-0.15, -0.1) is 12.4 Å². The van der Waals surface area contributed by atoms with Crippen LogP contribution in [0.2, 0.25) is 0 Å². The Morgan fingerprint density at radius 3 is 2.79 bits per heavy atom. The molecule has 2 N–H and O–H groups in total. The van der Waals surface area contributed by atoms with Crippen LogP contribution >= 0.6 is 28.3 Å². The second-order valence-corrected chi connectivity index (χ2v) is 7.17. The Morgan fingerprint density at radius 1 is 1.47 bits per heavy atom. The summed E-state index contributed by atoms with van der Waals surface area (Å²) in [7, 11) is -3.43. The highest BCUT2D eigenvalue weighted by Crippen LogP contribution is 2.22. The lowest BCUT2D eigenvalue weighted by Crippen LogP contribution is -2.37. The second-order valence-electron chi connectivity index (χ2n) is 4.58. The molecule has 0 bridgehead atoms. The molecule has 0 radical (unpaired) electrons. The van der Waals surface area contributed by atoms with Gasteiger partial charge >= 0.3 is 0 Å². The van der Waals surface area contributed by atoms with Crippen LogP contribution in [0.25, 0.3) is 0 Å². The van der Waals surface area contributed by atoms with Crippen LogP contribution < -0.4 is 10.0 Å². The molecular formula is C12H18BrClN2O2S. The lowest BCUT2D eigenvalue weighted by atomic mass is 10.2. The van der Waals surface area contributed by atoms with Gasteiger partial charge in [0.25, 0.3) is 0 Å². The molecule has 1 fully saturated rings. The number of halogens is 2. The third-order valence-electron chi connectivity index (χ3n) is 3.06. The summed E-state index contributed by atoms with van der Waals surface area (Å²) < 4.78 is 27.6. The van der Waals surface area contributed by atoms with Crippen LogP contribution in [0.1, 0.15) is 18.4 Å². The highest BCUT2D eigenvalue weighted by Gasteiger charge is 2.20. The number of sulfonamides is 1. The first kappa shape index (κ1) is 16.9. The largest absolute Gasteiger partial charge is 0.313 e. The van der Waals surface area contributed by atoms with Crippen LogP contribution in [0.3, 0.4) is 0 Å². The molecule has 0 spiro atoms. The molecule has 1 aromatic rings. The highest BCUT2D eigenvalue weighted by molar-refractivity contribution is 9.10. The van der Waals surface area contributed by atoms with E-state index in [9.17, 15) is 8.42 Å². The van der Waals surface area contributed by atoms with Gasteiger partial charge in [-0.3, -0.25) is 0 Å². The van der Waals surface area contributed by atoms with E-state index in [1.54, 1.807) is 12.1 Å². The molecule has 0 saturated carbocycles. The second kappa shape index (κ2) is 7.04. The summed E-state index contributed by atoms with van der Waals surface area (Å²) in [4.78, 5) is 0.297. The van der Waals surface area contributed by atoms with Gasteiger partial charge in [-0.1, -0.05) is 6.07 Å². The molecule has 1 aliphatic heterocycles. The summed E-state index contributed by atoms with van der Waals surface area (Å²) in [6, 6.07) is 5.49. The Hall–Kier alpha value is -0.140. The van der Waals surface area contributed by atoms with Gasteiger partial charge in [0.15, 0.2) is 0 Å². The first-order valence-electron chi connectivity index (χ1n) is 5.98. The van der Waals surface area contributed by atoms with Gasteiger partial charge in [-0.2, -0.15) is 0 Å². The van der Waals surface area contributed by atoms with Crippen LogP contribution in [0.4, 0.5) is 0 Å². The molecule has 1 atom stereocenters. The third-order valence-corrected chi connectivity index (χ3v) is 5.46. The van der Waals surface area contributed by atoms with Crippen molar-refractivity contribution in [3.05, 3.63) is 28.2 Å².